The van der Waals surface area contributed by atoms with Crippen molar-refractivity contribution in [2.24, 2.45) is 5.73 Å². The molecular weight excluding hydrogens is 209 g/mol. The Kier molecular flexibility index (Phi) is 5.28. The van der Waals surface area contributed by atoms with Crippen LogP contribution in [-0.2, 0) is 0 Å². The second-order valence-electron chi connectivity index (χ2n) is 3.36. The maximum absolute atomic E-state index is 13.1. The van der Waals surface area contributed by atoms with Gasteiger partial charge in [-0.15, -0.1) is 0 Å². The van der Waals surface area contributed by atoms with E-state index >= 15 is 0 Å². The van der Waals surface area contributed by atoms with Crippen molar-refractivity contribution in [2.75, 3.05) is 18.4 Å². The highest BCUT2D eigenvalue weighted by atomic mass is 19.1. The summed E-state index contributed by atoms with van der Waals surface area (Å²) in [5, 5.41) is 5.05. The van der Waals surface area contributed by atoms with Crippen molar-refractivity contribution in [2.45, 2.75) is 12.8 Å². The molecule has 0 aliphatic carbocycles. The lowest BCUT2D eigenvalue weighted by molar-refractivity contribution is 0.252. The van der Waals surface area contributed by atoms with Gasteiger partial charge in [0.2, 0.25) is 0 Å². The lowest BCUT2D eigenvalue weighted by atomic mass is 10.3. The van der Waals surface area contributed by atoms with Crippen LogP contribution in [0.3, 0.4) is 0 Å². The fraction of sp³-hybridized carbons (Fsp3) is 0.364. The molecule has 0 spiro atoms. The van der Waals surface area contributed by atoms with Gasteiger partial charge < -0.3 is 16.4 Å². The summed E-state index contributed by atoms with van der Waals surface area (Å²) in [5.41, 5.74) is 5.49. The second-order valence-corrected chi connectivity index (χ2v) is 3.36. The number of para-hydroxylation sites is 1. The number of carbonyl (C=O) groups excluding carboxylic acids is 1. The Bertz CT molecular complexity index is 344. The molecule has 0 saturated carbocycles. The van der Waals surface area contributed by atoms with Gasteiger partial charge in [-0.1, -0.05) is 12.1 Å². The van der Waals surface area contributed by atoms with E-state index in [9.17, 15) is 9.18 Å². The molecule has 2 amide bonds. The van der Waals surface area contributed by atoms with Gasteiger partial charge in [-0.3, -0.25) is 0 Å². The molecule has 0 aliphatic rings. The molecule has 1 aromatic carbocycles. The predicted octanol–water partition coefficient (Wildman–Crippen LogP) is 1.69. The van der Waals surface area contributed by atoms with Gasteiger partial charge in [-0.05, 0) is 31.5 Å². The highest BCUT2D eigenvalue weighted by Crippen LogP contribution is 2.11. The van der Waals surface area contributed by atoms with Crippen LogP contribution in [0.1, 0.15) is 12.8 Å². The third-order valence-corrected chi connectivity index (χ3v) is 2.04. The minimum Gasteiger partial charge on any atom is -0.338 e. The van der Waals surface area contributed by atoms with Crippen LogP contribution in [0, 0.1) is 5.82 Å². The largest absolute Gasteiger partial charge is 0.338 e. The molecule has 0 aliphatic heterocycles. The van der Waals surface area contributed by atoms with E-state index in [1.165, 1.54) is 12.1 Å². The average molecular weight is 225 g/mol. The van der Waals surface area contributed by atoms with E-state index in [4.69, 9.17) is 5.73 Å². The first-order valence-corrected chi connectivity index (χ1v) is 5.23. The van der Waals surface area contributed by atoms with Crippen LogP contribution in [0.15, 0.2) is 24.3 Å². The van der Waals surface area contributed by atoms with E-state index in [1.54, 1.807) is 12.1 Å². The van der Waals surface area contributed by atoms with Gasteiger partial charge in [0.1, 0.15) is 5.82 Å². The molecule has 0 saturated heterocycles. The van der Waals surface area contributed by atoms with Crippen molar-refractivity contribution >= 4 is 11.7 Å². The molecule has 0 atom stereocenters. The number of nitrogens with one attached hydrogen (secondary N) is 2. The molecule has 0 radical (unpaired) electrons. The molecule has 88 valence electrons. The molecule has 1 rings (SSSR count). The van der Waals surface area contributed by atoms with Gasteiger partial charge in [0, 0.05) is 6.54 Å². The van der Waals surface area contributed by atoms with E-state index in [0.717, 1.165) is 12.8 Å². The first kappa shape index (κ1) is 12.4. The molecular formula is C11H16FN3O. The Hall–Kier alpha value is -1.62. The zero-order valence-corrected chi connectivity index (χ0v) is 9.00. The van der Waals surface area contributed by atoms with E-state index in [-0.39, 0.29) is 5.69 Å². The Labute approximate surface area is 94.0 Å². The van der Waals surface area contributed by atoms with Crippen molar-refractivity contribution in [3.63, 3.8) is 0 Å². The Morgan fingerprint density at radius 3 is 2.75 bits per heavy atom. The van der Waals surface area contributed by atoms with Crippen molar-refractivity contribution in [1.82, 2.24) is 5.32 Å². The fourth-order valence-corrected chi connectivity index (χ4v) is 1.20. The third kappa shape index (κ3) is 4.27. The van der Waals surface area contributed by atoms with Crippen molar-refractivity contribution < 1.29 is 9.18 Å². The lowest BCUT2D eigenvalue weighted by Gasteiger charge is -2.07. The van der Waals surface area contributed by atoms with Crippen molar-refractivity contribution in [3.05, 3.63) is 30.1 Å². The summed E-state index contributed by atoms with van der Waals surface area (Å²) in [6.45, 7) is 1.15. The summed E-state index contributed by atoms with van der Waals surface area (Å²) in [5.74, 6) is -0.445. The first-order chi connectivity index (χ1) is 7.74. The topological polar surface area (TPSA) is 67.1 Å². The quantitative estimate of drug-likeness (QED) is 0.667. The predicted molar refractivity (Wildman–Crippen MR) is 61.7 cm³/mol. The van der Waals surface area contributed by atoms with Crippen LogP contribution in [0.2, 0.25) is 0 Å². The van der Waals surface area contributed by atoms with Crippen LogP contribution < -0.4 is 16.4 Å². The SMILES string of the molecule is NCCCCNC(=O)Nc1ccccc1F. The molecule has 0 aromatic heterocycles. The molecule has 0 unspecified atom stereocenters. The lowest BCUT2D eigenvalue weighted by Crippen LogP contribution is -2.30. The Morgan fingerprint density at radius 1 is 1.31 bits per heavy atom. The average Bonchev–Trinajstić information content (AvgIpc) is 2.28. The van der Waals surface area contributed by atoms with Crippen LogP contribution >= 0.6 is 0 Å². The first-order valence-electron chi connectivity index (χ1n) is 5.23. The third-order valence-electron chi connectivity index (χ3n) is 2.04. The monoisotopic (exact) mass is 225 g/mol. The molecule has 4 nitrogen and oxygen atoms in total. The number of carbonyl (C=O) groups is 1. The van der Waals surface area contributed by atoms with Crippen LogP contribution in [0.4, 0.5) is 14.9 Å². The maximum Gasteiger partial charge on any atom is 0.319 e. The molecule has 16 heavy (non-hydrogen) atoms. The zero-order valence-electron chi connectivity index (χ0n) is 9.00. The number of anilines is 1. The number of rotatable bonds is 5. The van der Waals surface area contributed by atoms with Gasteiger partial charge in [0.15, 0.2) is 0 Å². The number of hydrogen-bond donors (Lipinski definition) is 3. The van der Waals surface area contributed by atoms with E-state index in [2.05, 4.69) is 10.6 Å². The number of nitrogens with two attached hydrogens (primary N) is 1. The van der Waals surface area contributed by atoms with Gasteiger partial charge in [0.05, 0.1) is 5.69 Å². The van der Waals surface area contributed by atoms with Gasteiger partial charge in [-0.2, -0.15) is 0 Å². The number of benzene rings is 1. The highest BCUT2D eigenvalue weighted by molar-refractivity contribution is 5.89. The number of unbranched alkanes of at least 4 members (excludes halogenated alkanes) is 1. The summed E-state index contributed by atoms with van der Waals surface area (Å²) in [7, 11) is 0. The summed E-state index contributed by atoms with van der Waals surface area (Å²) < 4.78 is 13.1. The van der Waals surface area contributed by atoms with E-state index in [0.29, 0.717) is 13.1 Å². The van der Waals surface area contributed by atoms with Crippen LogP contribution in [0.5, 0.6) is 0 Å². The highest BCUT2D eigenvalue weighted by Gasteiger charge is 2.04. The maximum atomic E-state index is 13.1. The molecule has 4 N–H and O–H groups in total. The summed E-state index contributed by atoms with van der Waals surface area (Å²) in [6, 6.07) is 5.63. The molecule has 0 heterocycles. The van der Waals surface area contributed by atoms with Crippen molar-refractivity contribution in [3.8, 4) is 0 Å². The van der Waals surface area contributed by atoms with Crippen LogP contribution in [0.25, 0.3) is 0 Å². The molecule has 1 aromatic rings. The van der Waals surface area contributed by atoms with Gasteiger partial charge >= 0.3 is 6.03 Å². The number of hydrogen-bond acceptors (Lipinski definition) is 2. The van der Waals surface area contributed by atoms with Crippen LogP contribution in [-0.4, -0.2) is 19.1 Å². The summed E-state index contributed by atoms with van der Waals surface area (Å²) in [6.07, 6.45) is 1.68. The zero-order chi connectivity index (χ0) is 11.8. The number of amides is 2. The second kappa shape index (κ2) is 6.79. The Balaban J connectivity index is 2.32. The Morgan fingerprint density at radius 2 is 2.06 bits per heavy atom. The van der Waals surface area contributed by atoms with E-state index in [1.807, 2.05) is 0 Å². The molecule has 5 heteroatoms. The molecule has 0 fully saturated rings. The summed E-state index contributed by atoms with van der Waals surface area (Å²) >= 11 is 0. The van der Waals surface area contributed by atoms with Gasteiger partial charge in [-0.25, -0.2) is 9.18 Å². The minimum atomic E-state index is -0.445. The number of halogens is 1. The smallest absolute Gasteiger partial charge is 0.319 e. The van der Waals surface area contributed by atoms with E-state index < -0.39 is 11.8 Å². The van der Waals surface area contributed by atoms with Crippen molar-refractivity contribution in [1.29, 1.82) is 0 Å². The summed E-state index contributed by atoms with van der Waals surface area (Å²) in [4.78, 5) is 11.3. The fourth-order valence-electron chi connectivity index (χ4n) is 1.20. The standard InChI is InChI=1S/C11H16FN3O/c12-9-5-1-2-6-10(9)15-11(16)14-8-4-3-7-13/h1-2,5-6H,3-4,7-8,13H2,(H2,14,15,16). The molecule has 0 bridgehead atoms. The normalized spacial score (nSPS) is 9.88. The number of urea groups is 1. The minimum absolute atomic E-state index is 0.179. The van der Waals surface area contributed by atoms with Gasteiger partial charge in [0.25, 0.3) is 0 Å².